The molecule has 1 aliphatic carbocycles. The number of ether oxygens (including phenoxy) is 2. The average Bonchev–Trinajstić information content (AvgIpc) is 2.63. The SMILES string of the molecule is COCCOc1c(Cl)cccc1NC(=O)c1ccc2c(c1)CCCC2. The largest absolute Gasteiger partial charge is 0.487 e. The van der Waals surface area contributed by atoms with E-state index in [1.165, 1.54) is 24.0 Å². The maximum Gasteiger partial charge on any atom is 0.255 e. The highest BCUT2D eigenvalue weighted by Gasteiger charge is 2.15. The average molecular weight is 360 g/mol. The van der Waals surface area contributed by atoms with Gasteiger partial charge in [-0.3, -0.25) is 4.79 Å². The van der Waals surface area contributed by atoms with Crippen molar-refractivity contribution >= 4 is 23.2 Å². The third-order valence-corrected chi connectivity index (χ3v) is 4.66. The van der Waals surface area contributed by atoms with Crippen LogP contribution >= 0.6 is 11.6 Å². The van der Waals surface area contributed by atoms with E-state index in [-0.39, 0.29) is 5.91 Å². The van der Waals surface area contributed by atoms with Crippen LogP contribution in [-0.4, -0.2) is 26.2 Å². The molecule has 1 aliphatic rings. The molecule has 4 nitrogen and oxygen atoms in total. The van der Waals surface area contributed by atoms with Gasteiger partial charge in [0, 0.05) is 12.7 Å². The molecule has 1 N–H and O–H groups in total. The molecule has 0 heterocycles. The fourth-order valence-electron chi connectivity index (χ4n) is 3.05. The number of rotatable bonds is 6. The number of anilines is 1. The highest BCUT2D eigenvalue weighted by Crippen LogP contribution is 2.33. The van der Waals surface area contributed by atoms with Crippen molar-refractivity contribution in [2.24, 2.45) is 0 Å². The predicted octanol–water partition coefficient (Wildman–Crippen LogP) is 4.50. The van der Waals surface area contributed by atoms with Gasteiger partial charge in [-0.2, -0.15) is 0 Å². The van der Waals surface area contributed by atoms with Crippen molar-refractivity contribution < 1.29 is 14.3 Å². The number of halogens is 1. The first kappa shape index (κ1) is 17.8. The highest BCUT2D eigenvalue weighted by atomic mass is 35.5. The van der Waals surface area contributed by atoms with Crippen molar-refractivity contribution in [3.8, 4) is 5.75 Å². The number of nitrogens with one attached hydrogen (secondary N) is 1. The summed E-state index contributed by atoms with van der Waals surface area (Å²) in [6, 6.07) is 11.3. The van der Waals surface area contributed by atoms with Gasteiger partial charge in [0.25, 0.3) is 5.91 Å². The van der Waals surface area contributed by atoms with E-state index in [0.717, 1.165) is 12.8 Å². The van der Waals surface area contributed by atoms with E-state index < -0.39 is 0 Å². The van der Waals surface area contributed by atoms with Crippen LogP contribution in [0.2, 0.25) is 5.02 Å². The lowest BCUT2D eigenvalue weighted by Gasteiger charge is -2.17. The van der Waals surface area contributed by atoms with Crippen LogP contribution in [0.4, 0.5) is 5.69 Å². The molecule has 0 radical (unpaired) electrons. The molecular formula is C20H22ClNO3. The Morgan fingerprint density at radius 1 is 1.12 bits per heavy atom. The molecular weight excluding hydrogens is 338 g/mol. The first-order valence-corrected chi connectivity index (χ1v) is 8.90. The van der Waals surface area contributed by atoms with Crippen LogP contribution < -0.4 is 10.1 Å². The van der Waals surface area contributed by atoms with Gasteiger partial charge in [-0.15, -0.1) is 0 Å². The van der Waals surface area contributed by atoms with Gasteiger partial charge in [0.2, 0.25) is 0 Å². The smallest absolute Gasteiger partial charge is 0.255 e. The number of amides is 1. The van der Waals surface area contributed by atoms with Crippen LogP contribution in [-0.2, 0) is 17.6 Å². The molecule has 0 fully saturated rings. The van der Waals surface area contributed by atoms with Crippen LogP contribution in [0.1, 0.15) is 34.3 Å². The van der Waals surface area contributed by atoms with Crippen LogP contribution in [0.5, 0.6) is 5.75 Å². The van der Waals surface area contributed by atoms with E-state index in [0.29, 0.717) is 35.2 Å². The van der Waals surface area contributed by atoms with Gasteiger partial charge < -0.3 is 14.8 Å². The van der Waals surface area contributed by atoms with E-state index in [2.05, 4.69) is 11.4 Å². The van der Waals surface area contributed by atoms with Crippen molar-refractivity contribution in [2.45, 2.75) is 25.7 Å². The van der Waals surface area contributed by atoms with Gasteiger partial charge in [-0.25, -0.2) is 0 Å². The van der Waals surface area contributed by atoms with Crippen LogP contribution in [0.25, 0.3) is 0 Å². The zero-order chi connectivity index (χ0) is 17.6. The molecule has 25 heavy (non-hydrogen) atoms. The van der Waals surface area contributed by atoms with Crippen molar-refractivity contribution in [2.75, 3.05) is 25.6 Å². The maximum absolute atomic E-state index is 12.7. The monoisotopic (exact) mass is 359 g/mol. The van der Waals surface area contributed by atoms with Gasteiger partial charge in [-0.05, 0) is 61.1 Å². The summed E-state index contributed by atoms with van der Waals surface area (Å²) in [6.07, 6.45) is 4.55. The number of carbonyl (C=O) groups is 1. The summed E-state index contributed by atoms with van der Waals surface area (Å²) in [5.41, 5.74) is 3.85. The van der Waals surface area contributed by atoms with Gasteiger partial charge in [-0.1, -0.05) is 23.7 Å². The molecule has 0 saturated heterocycles. The van der Waals surface area contributed by atoms with Crippen LogP contribution in [0.15, 0.2) is 36.4 Å². The fourth-order valence-corrected chi connectivity index (χ4v) is 3.28. The summed E-state index contributed by atoms with van der Waals surface area (Å²) in [6.45, 7) is 0.811. The second kappa shape index (κ2) is 8.37. The number of fused-ring (bicyclic) bond motifs is 1. The number of carbonyl (C=O) groups excluding carboxylic acids is 1. The topological polar surface area (TPSA) is 47.6 Å². The second-order valence-electron chi connectivity index (χ2n) is 6.10. The Bertz CT molecular complexity index is 761. The number of aryl methyl sites for hydroxylation is 2. The zero-order valence-corrected chi connectivity index (χ0v) is 15.1. The lowest BCUT2D eigenvalue weighted by atomic mass is 9.90. The molecule has 0 bridgehead atoms. The summed E-state index contributed by atoms with van der Waals surface area (Å²) < 4.78 is 10.7. The summed E-state index contributed by atoms with van der Waals surface area (Å²) in [4.78, 5) is 12.7. The van der Waals surface area contributed by atoms with Crippen molar-refractivity contribution in [3.63, 3.8) is 0 Å². The summed E-state index contributed by atoms with van der Waals surface area (Å²) >= 11 is 6.22. The molecule has 3 rings (SSSR count). The first-order valence-electron chi connectivity index (χ1n) is 8.52. The van der Waals surface area contributed by atoms with Crippen molar-refractivity contribution in [1.82, 2.24) is 0 Å². The maximum atomic E-state index is 12.7. The van der Waals surface area contributed by atoms with E-state index >= 15 is 0 Å². The van der Waals surface area contributed by atoms with E-state index in [9.17, 15) is 4.79 Å². The standard InChI is InChI=1S/C20H22ClNO3/c1-24-11-12-25-19-17(21)7-4-8-18(19)22-20(23)16-10-9-14-5-2-3-6-15(14)13-16/h4,7-10,13H,2-3,5-6,11-12H2,1H3,(H,22,23). The van der Waals surface area contributed by atoms with Crippen molar-refractivity contribution in [1.29, 1.82) is 0 Å². The molecule has 2 aromatic rings. The zero-order valence-electron chi connectivity index (χ0n) is 14.3. The summed E-state index contributed by atoms with van der Waals surface area (Å²) in [5, 5.41) is 3.37. The third kappa shape index (κ3) is 4.33. The number of benzene rings is 2. The van der Waals surface area contributed by atoms with Crippen molar-refractivity contribution in [3.05, 3.63) is 58.1 Å². The Kier molecular flexibility index (Phi) is 5.95. The molecule has 1 amide bonds. The van der Waals surface area contributed by atoms with Crippen LogP contribution in [0.3, 0.4) is 0 Å². The molecule has 5 heteroatoms. The highest BCUT2D eigenvalue weighted by molar-refractivity contribution is 6.32. The molecule has 0 spiro atoms. The summed E-state index contributed by atoms with van der Waals surface area (Å²) in [5.74, 6) is 0.305. The lowest BCUT2D eigenvalue weighted by Crippen LogP contribution is -2.15. The Morgan fingerprint density at radius 2 is 1.92 bits per heavy atom. The minimum absolute atomic E-state index is 0.160. The van der Waals surface area contributed by atoms with Gasteiger partial charge in [0.05, 0.1) is 17.3 Å². The Morgan fingerprint density at radius 3 is 2.72 bits per heavy atom. The number of para-hydroxylation sites is 1. The fraction of sp³-hybridized carbons (Fsp3) is 0.350. The Hall–Kier alpha value is -2.04. The minimum Gasteiger partial charge on any atom is -0.487 e. The predicted molar refractivity (Wildman–Crippen MR) is 99.9 cm³/mol. The minimum atomic E-state index is -0.160. The Labute approximate surface area is 153 Å². The number of hydrogen-bond donors (Lipinski definition) is 1. The Balaban J connectivity index is 1.77. The van der Waals surface area contributed by atoms with E-state index in [1.54, 1.807) is 25.3 Å². The van der Waals surface area contributed by atoms with Gasteiger partial charge in [0.15, 0.2) is 5.75 Å². The van der Waals surface area contributed by atoms with Gasteiger partial charge >= 0.3 is 0 Å². The van der Waals surface area contributed by atoms with E-state index in [4.69, 9.17) is 21.1 Å². The molecule has 0 aromatic heterocycles. The van der Waals surface area contributed by atoms with Crippen LogP contribution in [0, 0.1) is 0 Å². The van der Waals surface area contributed by atoms with E-state index in [1.807, 2.05) is 12.1 Å². The normalized spacial score (nSPS) is 13.2. The van der Waals surface area contributed by atoms with Gasteiger partial charge in [0.1, 0.15) is 6.61 Å². The molecule has 2 aromatic carbocycles. The molecule has 0 aliphatic heterocycles. The summed E-state index contributed by atoms with van der Waals surface area (Å²) in [7, 11) is 1.61. The lowest BCUT2D eigenvalue weighted by molar-refractivity contribution is 0.102. The number of hydrogen-bond acceptors (Lipinski definition) is 3. The molecule has 0 unspecified atom stereocenters. The first-order chi connectivity index (χ1) is 12.2. The molecule has 0 saturated carbocycles. The molecule has 0 atom stereocenters. The number of methoxy groups -OCH3 is 1. The quantitative estimate of drug-likeness (QED) is 0.773. The third-order valence-electron chi connectivity index (χ3n) is 4.36. The molecule has 132 valence electrons. The second-order valence-corrected chi connectivity index (χ2v) is 6.51.